The van der Waals surface area contributed by atoms with Crippen LogP contribution in [0.15, 0.2) is 0 Å². The van der Waals surface area contributed by atoms with Crippen molar-refractivity contribution in [1.82, 2.24) is 4.90 Å². The lowest BCUT2D eigenvalue weighted by molar-refractivity contribution is 0.0483. The van der Waals surface area contributed by atoms with Gasteiger partial charge in [-0.2, -0.15) is 12.6 Å². The summed E-state index contributed by atoms with van der Waals surface area (Å²) in [4.78, 5) is 2.77. The van der Waals surface area contributed by atoms with Crippen molar-refractivity contribution in [3.63, 3.8) is 0 Å². The van der Waals surface area contributed by atoms with Gasteiger partial charge in [-0.15, -0.1) is 0 Å². The number of hydrogen-bond donors (Lipinski definition) is 1. The van der Waals surface area contributed by atoms with Crippen LogP contribution in [0.2, 0.25) is 0 Å². The first-order chi connectivity index (χ1) is 8.58. The minimum absolute atomic E-state index is 0.451. The SMILES string of the molecule is CCCC(CS)(CCC)CN1[C@H](C)CCC[C@@H]1C. The van der Waals surface area contributed by atoms with Crippen molar-refractivity contribution in [3.05, 3.63) is 0 Å². The highest BCUT2D eigenvalue weighted by molar-refractivity contribution is 7.80. The molecule has 108 valence electrons. The molecule has 0 aliphatic carbocycles. The van der Waals surface area contributed by atoms with Crippen molar-refractivity contribution >= 4 is 12.6 Å². The van der Waals surface area contributed by atoms with Gasteiger partial charge < -0.3 is 0 Å². The molecule has 1 fully saturated rings. The van der Waals surface area contributed by atoms with Crippen LogP contribution in [0.5, 0.6) is 0 Å². The number of thiol groups is 1. The lowest BCUT2D eigenvalue weighted by Gasteiger charge is -2.45. The zero-order valence-electron chi connectivity index (χ0n) is 12.9. The Morgan fingerprint density at radius 2 is 1.56 bits per heavy atom. The summed E-state index contributed by atoms with van der Waals surface area (Å²) in [5.41, 5.74) is 0.451. The van der Waals surface area contributed by atoms with Crippen LogP contribution in [0.1, 0.15) is 72.6 Å². The van der Waals surface area contributed by atoms with E-state index in [2.05, 4.69) is 32.6 Å². The fraction of sp³-hybridized carbons (Fsp3) is 1.00. The molecule has 1 aliphatic heterocycles. The van der Waals surface area contributed by atoms with Gasteiger partial charge in [-0.3, -0.25) is 4.90 Å². The van der Waals surface area contributed by atoms with Gasteiger partial charge in [0, 0.05) is 18.6 Å². The molecule has 1 heterocycles. The molecule has 1 aliphatic rings. The minimum atomic E-state index is 0.451. The predicted octanol–water partition coefficient (Wildman–Crippen LogP) is 4.77. The van der Waals surface area contributed by atoms with Crippen LogP contribution in [0.25, 0.3) is 0 Å². The molecule has 0 N–H and O–H groups in total. The standard InChI is InChI=1S/C16H33NS/c1-5-10-16(13-18,11-6-2)12-17-14(3)8-7-9-15(17)4/h14-15,18H,5-13H2,1-4H3/t14-,15+. The van der Waals surface area contributed by atoms with Crippen LogP contribution in [0.4, 0.5) is 0 Å². The smallest absolute Gasteiger partial charge is 0.00699 e. The van der Waals surface area contributed by atoms with Crippen LogP contribution in [-0.4, -0.2) is 29.3 Å². The molecule has 0 bridgehead atoms. The maximum atomic E-state index is 4.70. The van der Waals surface area contributed by atoms with Crippen LogP contribution >= 0.6 is 12.6 Å². The molecule has 2 heteroatoms. The molecule has 1 nitrogen and oxygen atoms in total. The highest BCUT2D eigenvalue weighted by atomic mass is 32.1. The number of piperidine rings is 1. The molecule has 0 amide bonds. The fourth-order valence-electron chi connectivity index (χ4n) is 3.73. The van der Waals surface area contributed by atoms with Crippen molar-refractivity contribution < 1.29 is 0 Å². The average molecular weight is 272 g/mol. The number of nitrogens with zero attached hydrogens (tertiary/aromatic N) is 1. The normalized spacial score (nSPS) is 26.5. The molecular weight excluding hydrogens is 238 g/mol. The molecule has 0 unspecified atom stereocenters. The van der Waals surface area contributed by atoms with E-state index in [1.54, 1.807) is 0 Å². The highest BCUT2D eigenvalue weighted by Crippen LogP contribution is 2.35. The van der Waals surface area contributed by atoms with Gasteiger partial charge in [0.25, 0.3) is 0 Å². The summed E-state index contributed by atoms with van der Waals surface area (Å²) in [6.07, 6.45) is 9.42. The zero-order valence-corrected chi connectivity index (χ0v) is 13.8. The molecule has 2 atom stereocenters. The summed E-state index contributed by atoms with van der Waals surface area (Å²) in [7, 11) is 0. The van der Waals surface area contributed by atoms with Gasteiger partial charge >= 0.3 is 0 Å². The zero-order chi connectivity index (χ0) is 13.6. The van der Waals surface area contributed by atoms with Gasteiger partial charge in [-0.1, -0.05) is 33.1 Å². The third kappa shape index (κ3) is 4.16. The number of hydrogen-bond acceptors (Lipinski definition) is 2. The fourth-order valence-corrected chi connectivity index (χ4v) is 4.14. The van der Waals surface area contributed by atoms with E-state index in [0.29, 0.717) is 5.41 Å². The molecule has 0 spiro atoms. The first-order valence-corrected chi connectivity index (χ1v) is 8.58. The van der Waals surface area contributed by atoms with Crippen molar-refractivity contribution in [1.29, 1.82) is 0 Å². The van der Waals surface area contributed by atoms with Crippen LogP contribution in [0, 0.1) is 5.41 Å². The molecule has 0 radical (unpaired) electrons. The van der Waals surface area contributed by atoms with E-state index in [1.807, 2.05) is 0 Å². The Morgan fingerprint density at radius 3 is 1.94 bits per heavy atom. The Labute approximate surface area is 120 Å². The second kappa shape index (κ2) is 7.79. The first-order valence-electron chi connectivity index (χ1n) is 7.95. The third-order valence-corrected chi connectivity index (χ3v) is 5.46. The maximum Gasteiger partial charge on any atom is 0.00699 e. The molecule has 0 aromatic rings. The number of rotatable bonds is 7. The Kier molecular flexibility index (Phi) is 7.08. The van der Waals surface area contributed by atoms with Crippen molar-refractivity contribution in [2.75, 3.05) is 12.3 Å². The Bertz CT molecular complexity index is 213. The lowest BCUT2D eigenvalue weighted by Crippen LogP contribution is -2.50. The monoisotopic (exact) mass is 271 g/mol. The predicted molar refractivity (Wildman–Crippen MR) is 85.6 cm³/mol. The number of likely N-dealkylation sites (tertiary alicyclic amines) is 1. The van der Waals surface area contributed by atoms with Gasteiger partial charge in [0.1, 0.15) is 0 Å². The van der Waals surface area contributed by atoms with E-state index in [9.17, 15) is 0 Å². The molecule has 1 saturated heterocycles. The topological polar surface area (TPSA) is 3.24 Å². The maximum absolute atomic E-state index is 4.70. The second-order valence-electron chi connectivity index (χ2n) is 6.46. The summed E-state index contributed by atoms with van der Waals surface area (Å²) in [6.45, 7) is 10.7. The lowest BCUT2D eigenvalue weighted by atomic mass is 9.79. The van der Waals surface area contributed by atoms with Crippen LogP contribution in [-0.2, 0) is 0 Å². The van der Waals surface area contributed by atoms with E-state index in [1.165, 1.54) is 51.5 Å². The Morgan fingerprint density at radius 1 is 1.06 bits per heavy atom. The third-order valence-electron chi connectivity index (χ3n) is 4.79. The van der Waals surface area contributed by atoms with Gasteiger partial charge in [0.15, 0.2) is 0 Å². The quantitative estimate of drug-likeness (QED) is 0.653. The van der Waals surface area contributed by atoms with Crippen molar-refractivity contribution in [3.8, 4) is 0 Å². The van der Waals surface area contributed by atoms with Crippen molar-refractivity contribution in [2.24, 2.45) is 5.41 Å². The largest absolute Gasteiger partial charge is 0.297 e. The van der Waals surface area contributed by atoms with Gasteiger partial charge in [0.2, 0.25) is 0 Å². The van der Waals surface area contributed by atoms with Crippen LogP contribution in [0.3, 0.4) is 0 Å². The van der Waals surface area contributed by atoms with Gasteiger partial charge in [0.05, 0.1) is 0 Å². The Balaban J connectivity index is 2.73. The molecule has 0 aromatic heterocycles. The van der Waals surface area contributed by atoms with E-state index < -0.39 is 0 Å². The Hall–Kier alpha value is 0.310. The minimum Gasteiger partial charge on any atom is -0.297 e. The molecular formula is C16H33NS. The average Bonchev–Trinajstić information content (AvgIpc) is 2.34. The summed E-state index contributed by atoms with van der Waals surface area (Å²) in [5, 5.41) is 0. The summed E-state index contributed by atoms with van der Waals surface area (Å²) in [5.74, 6) is 1.05. The summed E-state index contributed by atoms with van der Waals surface area (Å²) >= 11 is 4.70. The van der Waals surface area contributed by atoms with E-state index in [4.69, 9.17) is 12.6 Å². The summed E-state index contributed by atoms with van der Waals surface area (Å²) < 4.78 is 0. The molecule has 1 rings (SSSR count). The highest BCUT2D eigenvalue weighted by Gasteiger charge is 2.34. The molecule has 18 heavy (non-hydrogen) atoms. The van der Waals surface area contributed by atoms with Gasteiger partial charge in [-0.25, -0.2) is 0 Å². The van der Waals surface area contributed by atoms with Crippen LogP contribution < -0.4 is 0 Å². The van der Waals surface area contributed by atoms with E-state index in [0.717, 1.165) is 17.8 Å². The van der Waals surface area contributed by atoms with Gasteiger partial charge in [-0.05, 0) is 50.7 Å². The molecule has 0 saturated carbocycles. The molecule has 0 aromatic carbocycles. The summed E-state index contributed by atoms with van der Waals surface area (Å²) in [6, 6.07) is 1.53. The van der Waals surface area contributed by atoms with E-state index in [-0.39, 0.29) is 0 Å². The van der Waals surface area contributed by atoms with E-state index >= 15 is 0 Å². The van der Waals surface area contributed by atoms with Crippen molar-refractivity contribution in [2.45, 2.75) is 84.7 Å². The first kappa shape index (κ1) is 16.4. The second-order valence-corrected chi connectivity index (χ2v) is 6.78.